The Balaban J connectivity index is 0.656. The minimum atomic E-state index is 0.348. The molecule has 0 spiro atoms. The van der Waals surface area contributed by atoms with Gasteiger partial charge < -0.3 is 19.6 Å². The van der Waals surface area contributed by atoms with Crippen LogP contribution < -0.4 is 19.6 Å². The van der Waals surface area contributed by atoms with E-state index in [1.54, 1.807) is 0 Å². The number of benzene rings is 18. The minimum Gasteiger partial charge on any atom is -0.309 e. The van der Waals surface area contributed by atoms with Crippen LogP contribution in [0.3, 0.4) is 0 Å². The summed E-state index contributed by atoms with van der Waals surface area (Å²) in [6.07, 6.45) is 11.0. The largest absolute Gasteiger partial charge is 0.309 e. The monoisotopic (exact) mass is 1550 g/mol. The Morgan fingerprint density at radius 3 is 0.915 bits per heavy atom. The lowest BCUT2D eigenvalue weighted by atomic mass is 9.75. The minimum absolute atomic E-state index is 0.348. The zero-order valence-corrected chi connectivity index (χ0v) is 67.4. The standard InChI is InChI=1S/C112H86N4S2/c1-8-33-75(34-9-1)76-59-64-91(65-60-76)113(87-45-14-4-15-46-87)101-71-83-39-22-26-54-94(83)105-106-95-55-27-23-40-84(95)72-102(110(106)117-109(101)105)114(88-47-16-5-17-48-88)92-66-61-77(62-67-92)80-43-32-44-81(69-80)82-63-68-100(98(70-82)79-37-12-3-13-38-79)116(90-51-20-7-21-52-90)104-74-86-42-25-29-57-97(86)108-107-96-56-28-24-41-85(96)73-103(111(107)118-112(104)108)115(89-49-18-6-19-50-89)99-58-31-30-53-93(99)78-35-10-2-11-36-78/h2-7,10-31,35-42,45-68,70-75,80-81H,1,8-9,32-34,43-44,69H2. The maximum Gasteiger partial charge on any atom is 0.0647 e. The molecule has 2 aliphatic carbocycles. The molecule has 2 aromatic heterocycles. The zero-order valence-electron chi connectivity index (χ0n) is 65.7. The highest BCUT2D eigenvalue weighted by Gasteiger charge is 2.32. The highest BCUT2D eigenvalue weighted by Crippen LogP contribution is 2.58. The molecule has 0 saturated heterocycles. The second-order valence-corrected chi connectivity index (χ2v) is 34.3. The lowest BCUT2D eigenvalue weighted by molar-refractivity contribution is 0.394. The first-order chi connectivity index (χ1) is 58.6. The van der Waals surface area contributed by atoms with E-state index < -0.39 is 0 Å². The van der Waals surface area contributed by atoms with E-state index in [1.807, 2.05) is 22.7 Å². The zero-order chi connectivity index (χ0) is 78.0. The van der Waals surface area contributed by atoms with E-state index in [0.29, 0.717) is 17.8 Å². The summed E-state index contributed by atoms with van der Waals surface area (Å²) >= 11 is 3.87. The predicted molar refractivity (Wildman–Crippen MR) is 508 cm³/mol. The van der Waals surface area contributed by atoms with Gasteiger partial charge in [-0.05, 0) is 236 Å². The molecule has 0 bridgehead atoms. The van der Waals surface area contributed by atoms with Gasteiger partial charge in [-0.3, -0.25) is 0 Å². The van der Waals surface area contributed by atoms with E-state index in [-0.39, 0.29) is 0 Å². The fourth-order valence-electron chi connectivity index (χ4n) is 19.9. The molecule has 566 valence electrons. The van der Waals surface area contributed by atoms with Crippen molar-refractivity contribution in [2.75, 3.05) is 19.6 Å². The molecule has 2 atom stereocenters. The Bertz CT molecular complexity index is 7100. The van der Waals surface area contributed by atoms with Crippen LogP contribution in [0.25, 0.3) is 106 Å². The van der Waals surface area contributed by atoms with E-state index in [1.165, 1.54) is 172 Å². The van der Waals surface area contributed by atoms with E-state index >= 15 is 0 Å². The Labute approximate surface area is 697 Å². The number of thiophene rings is 2. The highest BCUT2D eigenvalue weighted by molar-refractivity contribution is 7.28. The Morgan fingerprint density at radius 2 is 0.500 bits per heavy atom. The SMILES string of the molecule is c1ccc(-c2ccccc2N(c2ccccc2)c2cc3ccccc3c3c2sc2c(N(c4ccccc4)c4ccc(C5CCCC(c6ccc(N(c7ccccc7)c7cc8ccccc8c8c7sc7c(N(c9ccccc9)c9ccc(C%10CCCCC%10)cc9)cc9ccccc9c78)cc6)C5)cc4-c4ccccc4)cc4ccccc4c23)cc1. The number of fused-ring (bicyclic) bond motifs is 14. The number of hydrogen-bond donors (Lipinski definition) is 0. The molecule has 22 rings (SSSR count). The van der Waals surface area contributed by atoms with Gasteiger partial charge in [0, 0.05) is 66.8 Å². The summed E-state index contributed by atoms with van der Waals surface area (Å²) in [7, 11) is 0. The topological polar surface area (TPSA) is 13.0 Å². The van der Waals surface area contributed by atoms with Gasteiger partial charge in [0.1, 0.15) is 0 Å². The van der Waals surface area contributed by atoms with Crippen LogP contribution in [0.4, 0.5) is 68.2 Å². The molecule has 18 aromatic carbocycles. The number of hydrogen-bond acceptors (Lipinski definition) is 6. The van der Waals surface area contributed by atoms with E-state index in [9.17, 15) is 0 Å². The molecular weight excluding hydrogens is 1470 g/mol. The van der Waals surface area contributed by atoms with Crippen LogP contribution in [0.5, 0.6) is 0 Å². The van der Waals surface area contributed by atoms with E-state index in [0.717, 1.165) is 76.9 Å². The second kappa shape index (κ2) is 30.7. The fourth-order valence-corrected chi connectivity index (χ4v) is 22.6. The lowest BCUT2D eigenvalue weighted by Crippen LogP contribution is -2.15. The quantitative estimate of drug-likeness (QED) is 0.0901. The van der Waals surface area contributed by atoms with Crippen molar-refractivity contribution in [1.29, 1.82) is 0 Å². The molecule has 0 amide bonds. The average Bonchev–Trinajstić information content (AvgIpc) is 1.55. The van der Waals surface area contributed by atoms with Crippen molar-refractivity contribution in [3.63, 3.8) is 0 Å². The molecule has 2 heterocycles. The highest BCUT2D eigenvalue weighted by atomic mass is 32.1. The van der Waals surface area contributed by atoms with Crippen molar-refractivity contribution >= 4 is 174 Å². The van der Waals surface area contributed by atoms with Gasteiger partial charge in [0.15, 0.2) is 0 Å². The van der Waals surface area contributed by atoms with Gasteiger partial charge in [0.25, 0.3) is 0 Å². The summed E-state index contributed by atoms with van der Waals surface area (Å²) in [5, 5.41) is 15.0. The maximum atomic E-state index is 2.59. The number of para-hydroxylation sites is 5. The van der Waals surface area contributed by atoms with Crippen molar-refractivity contribution in [1.82, 2.24) is 0 Å². The molecule has 118 heavy (non-hydrogen) atoms. The molecule has 2 saturated carbocycles. The van der Waals surface area contributed by atoms with Crippen LogP contribution in [0.2, 0.25) is 0 Å². The Morgan fingerprint density at radius 1 is 0.203 bits per heavy atom. The van der Waals surface area contributed by atoms with Crippen molar-refractivity contribution in [3.05, 3.63) is 411 Å². The molecule has 20 aromatic rings. The summed E-state index contributed by atoms with van der Waals surface area (Å²) < 4.78 is 5.01. The van der Waals surface area contributed by atoms with Gasteiger partial charge in [0.05, 0.1) is 52.9 Å². The summed E-state index contributed by atoms with van der Waals surface area (Å²) in [6.45, 7) is 0. The van der Waals surface area contributed by atoms with Gasteiger partial charge in [-0.25, -0.2) is 0 Å². The molecule has 2 aliphatic rings. The van der Waals surface area contributed by atoms with Crippen LogP contribution in [0.15, 0.2) is 394 Å². The fraction of sp³-hybridized carbons (Fsp3) is 0.107. The van der Waals surface area contributed by atoms with Crippen molar-refractivity contribution < 1.29 is 0 Å². The van der Waals surface area contributed by atoms with Gasteiger partial charge in [0.2, 0.25) is 0 Å². The van der Waals surface area contributed by atoms with Crippen LogP contribution >= 0.6 is 22.7 Å². The van der Waals surface area contributed by atoms with Gasteiger partial charge in [-0.1, -0.05) is 305 Å². The van der Waals surface area contributed by atoms with E-state index in [4.69, 9.17) is 0 Å². The van der Waals surface area contributed by atoms with Crippen LogP contribution in [0, 0.1) is 0 Å². The normalized spacial score (nSPS) is 14.6. The maximum absolute atomic E-state index is 2.59. The molecule has 0 aliphatic heterocycles. The van der Waals surface area contributed by atoms with Crippen molar-refractivity contribution in [3.8, 4) is 22.3 Å². The summed E-state index contributed by atoms with van der Waals surface area (Å²) in [6, 6.07) is 148. The first-order valence-electron chi connectivity index (χ1n) is 42.1. The molecule has 4 nitrogen and oxygen atoms in total. The predicted octanol–water partition coefficient (Wildman–Crippen LogP) is 33.7. The molecule has 2 fully saturated rings. The van der Waals surface area contributed by atoms with Gasteiger partial charge in [-0.2, -0.15) is 0 Å². The summed E-state index contributed by atoms with van der Waals surface area (Å²) in [5.74, 6) is 1.35. The molecular formula is C112H86N4S2. The molecule has 2 unspecified atom stereocenters. The third kappa shape index (κ3) is 12.7. The van der Waals surface area contributed by atoms with Gasteiger partial charge in [-0.15, -0.1) is 22.7 Å². The number of anilines is 12. The molecule has 6 heteroatoms. The number of rotatable bonds is 17. The average molecular weight is 1550 g/mol. The molecule has 0 N–H and O–H groups in total. The Hall–Kier alpha value is -13.4. The first kappa shape index (κ1) is 71.2. The van der Waals surface area contributed by atoms with Gasteiger partial charge >= 0.3 is 0 Å². The summed E-state index contributed by atoms with van der Waals surface area (Å²) in [5.41, 5.74) is 22.7. The smallest absolute Gasteiger partial charge is 0.0647 e. The Kier molecular flexibility index (Phi) is 18.5. The summed E-state index contributed by atoms with van der Waals surface area (Å²) in [4.78, 5) is 10.2. The number of nitrogens with zero attached hydrogens (tertiary/aromatic N) is 4. The van der Waals surface area contributed by atoms with Crippen molar-refractivity contribution in [2.24, 2.45) is 0 Å². The molecule has 0 radical (unpaired) electrons. The van der Waals surface area contributed by atoms with Crippen LogP contribution in [0.1, 0.15) is 92.2 Å². The van der Waals surface area contributed by atoms with E-state index in [2.05, 4.69) is 414 Å². The van der Waals surface area contributed by atoms with Crippen LogP contribution in [-0.2, 0) is 0 Å². The lowest BCUT2D eigenvalue weighted by Gasteiger charge is -2.32. The van der Waals surface area contributed by atoms with Crippen molar-refractivity contribution in [2.45, 2.75) is 75.5 Å². The van der Waals surface area contributed by atoms with Crippen LogP contribution in [-0.4, -0.2) is 0 Å². The third-order valence-electron chi connectivity index (χ3n) is 25.4. The first-order valence-corrected chi connectivity index (χ1v) is 43.7. The third-order valence-corrected chi connectivity index (χ3v) is 27.9. The second-order valence-electron chi connectivity index (χ2n) is 32.3.